The average molecular weight is 366 g/mol. The van der Waals surface area contributed by atoms with Crippen molar-refractivity contribution < 1.29 is 14.4 Å². The minimum absolute atomic E-state index is 0.0523. The highest BCUT2D eigenvalue weighted by Gasteiger charge is 2.30. The van der Waals surface area contributed by atoms with Crippen LogP contribution in [0.25, 0.3) is 0 Å². The van der Waals surface area contributed by atoms with Crippen LogP contribution in [0.15, 0.2) is 24.3 Å². The van der Waals surface area contributed by atoms with Crippen molar-refractivity contribution in [3.05, 3.63) is 34.9 Å². The van der Waals surface area contributed by atoms with Crippen LogP contribution in [0, 0.1) is 0 Å². The Morgan fingerprint density at radius 1 is 1.24 bits per heavy atom. The van der Waals surface area contributed by atoms with Gasteiger partial charge >= 0.3 is 6.03 Å². The molecule has 2 N–H and O–H groups in total. The van der Waals surface area contributed by atoms with Crippen molar-refractivity contribution >= 4 is 29.4 Å². The number of nitrogens with zero attached hydrogens (tertiary/aromatic N) is 1. The van der Waals surface area contributed by atoms with E-state index < -0.39 is 6.03 Å². The summed E-state index contributed by atoms with van der Waals surface area (Å²) in [4.78, 5) is 36.5. The molecule has 0 aromatic heterocycles. The number of halogens is 1. The van der Waals surface area contributed by atoms with Crippen LogP contribution in [0.3, 0.4) is 0 Å². The molecule has 1 saturated heterocycles. The van der Waals surface area contributed by atoms with E-state index in [9.17, 15) is 14.4 Å². The van der Waals surface area contributed by atoms with E-state index in [1.807, 2.05) is 24.3 Å². The molecule has 1 aliphatic heterocycles. The number of hydrogen-bond acceptors (Lipinski definition) is 3. The normalized spacial score (nSPS) is 15.1. The molecule has 1 aromatic rings. The summed E-state index contributed by atoms with van der Waals surface area (Å²) >= 11 is 5.97. The molecule has 1 aliphatic rings. The second kappa shape index (κ2) is 8.34. The first kappa shape index (κ1) is 19.2. The second-order valence-electron chi connectivity index (χ2n) is 6.30. The van der Waals surface area contributed by atoms with Crippen molar-refractivity contribution in [1.29, 1.82) is 0 Å². The monoisotopic (exact) mass is 365 g/mol. The lowest BCUT2D eigenvalue weighted by molar-refractivity contribution is -0.125. The van der Waals surface area contributed by atoms with Gasteiger partial charge < -0.3 is 10.2 Å². The van der Waals surface area contributed by atoms with Crippen LogP contribution in [0.1, 0.15) is 38.7 Å². The van der Waals surface area contributed by atoms with E-state index in [1.54, 1.807) is 0 Å². The number of amides is 4. The standard InChI is InChI=1S/C18H24ClN3O3/c1-3-18(4-2,13-5-7-14(19)8-6-13)12-20-16(24)11-22-10-9-15(23)21-17(22)25/h5-8H,3-4,9-12H2,1-2H3,(H,20,24)(H,21,23,25). The largest absolute Gasteiger partial charge is 0.354 e. The fourth-order valence-electron chi connectivity index (χ4n) is 3.06. The third-order valence-electron chi connectivity index (χ3n) is 4.91. The Hall–Kier alpha value is -2.08. The highest BCUT2D eigenvalue weighted by Crippen LogP contribution is 2.31. The summed E-state index contributed by atoms with van der Waals surface area (Å²) < 4.78 is 0. The van der Waals surface area contributed by atoms with Crippen molar-refractivity contribution in [3.63, 3.8) is 0 Å². The third-order valence-corrected chi connectivity index (χ3v) is 5.16. The molecule has 1 heterocycles. The Kier molecular flexibility index (Phi) is 6.42. The summed E-state index contributed by atoms with van der Waals surface area (Å²) in [5, 5.41) is 5.84. The lowest BCUT2D eigenvalue weighted by Crippen LogP contribution is -2.53. The van der Waals surface area contributed by atoms with E-state index in [-0.39, 0.29) is 36.7 Å². The number of carbonyl (C=O) groups is 3. The first-order valence-corrected chi connectivity index (χ1v) is 8.89. The number of hydrogen-bond donors (Lipinski definition) is 2. The summed E-state index contributed by atoms with van der Waals surface area (Å²) in [7, 11) is 0. The quantitative estimate of drug-likeness (QED) is 0.779. The number of nitrogens with one attached hydrogen (secondary N) is 2. The number of urea groups is 1. The molecule has 136 valence electrons. The maximum absolute atomic E-state index is 12.3. The van der Waals surface area contributed by atoms with Crippen molar-refractivity contribution in [3.8, 4) is 0 Å². The van der Waals surface area contributed by atoms with E-state index in [0.29, 0.717) is 11.6 Å². The Balaban J connectivity index is 1.98. The SMILES string of the molecule is CCC(CC)(CNC(=O)CN1CCC(=O)NC1=O)c1ccc(Cl)cc1. The van der Waals surface area contributed by atoms with Gasteiger partial charge in [0.1, 0.15) is 6.54 Å². The van der Waals surface area contributed by atoms with Gasteiger partial charge in [0.05, 0.1) is 0 Å². The molecular formula is C18H24ClN3O3. The van der Waals surface area contributed by atoms with Crippen LogP contribution in [0.4, 0.5) is 4.79 Å². The van der Waals surface area contributed by atoms with Crippen molar-refractivity contribution in [2.24, 2.45) is 0 Å². The Bertz CT molecular complexity index is 641. The van der Waals surface area contributed by atoms with Crippen molar-refractivity contribution in [2.75, 3.05) is 19.6 Å². The Morgan fingerprint density at radius 2 is 1.88 bits per heavy atom. The number of imide groups is 1. The molecule has 0 spiro atoms. The van der Waals surface area contributed by atoms with Gasteiger partial charge in [0.2, 0.25) is 11.8 Å². The van der Waals surface area contributed by atoms with Gasteiger partial charge in [-0.3, -0.25) is 14.9 Å². The van der Waals surface area contributed by atoms with Crippen LogP contribution in [0.5, 0.6) is 0 Å². The summed E-state index contributed by atoms with van der Waals surface area (Å²) in [6.45, 7) is 4.88. The summed E-state index contributed by atoms with van der Waals surface area (Å²) in [5.41, 5.74) is 0.948. The second-order valence-corrected chi connectivity index (χ2v) is 6.73. The van der Waals surface area contributed by atoms with Crippen molar-refractivity contribution in [1.82, 2.24) is 15.5 Å². The van der Waals surface area contributed by atoms with Gasteiger partial charge in [0.15, 0.2) is 0 Å². The number of carbonyl (C=O) groups excluding carboxylic acids is 3. The smallest absolute Gasteiger partial charge is 0.324 e. The Labute approximate surface area is 152 Å². The van der Waals surface area contributed by atoms with Crippen molar-refractivity contribution in [2.45, 2.75) is 38.5 Å². The molecule has 7 heteroatoms. The van der Waals surface area contributed by atoms with Gasteiger partial charge in [-0.1, -0.05) is 37.6 Å². The van der Waals surface area contributed by atoms with Gasteiger partial charge in [-0.2, -0.15) is 0 Å². The van der Waals surface area contributed by atoms with Crippen LogP contribution < -0.4 is 10.6 Å². The van der Waals surface area contributed by atoms with E-state index in [0.717, 1.165) is 18.4 Å². The molecule has 25 heavy (non-hydrogen) atoms. The fourth-order valence-corrected chi connectivity index (χ4v) is 3.19. The molecule has 0 bridgehead atoms. The predicted molar refractivity (Wildman–Crippen MR) is 96.5 cm³/mol. The molecule has 0 aliphatic carbocycles. The van der Waals surface area contributed by atoms with Gasteiger partial charge in [-0.25, -0.2) is 4.79 Å². The lowest BCUT2D eigenvalue weighted by Gasteiger charge is -2.33. The number of benzene rings is 1. The zero-order valence-electron chi connectivity index (χ0n) is 14.6. The molecule has 0 saturated carbocycles. The average Bonchev–Trinajstić information content (AvgIpc) is 2.60. The number of rotatable bonds is 7. The van der Waals surface area contributed by atoms with Gasteiger partial charge in [0.25, 0.3) is 0 Å². The fraction of sp³-hybridized carbons (Fsp3) is 0.500. The molecular weight excluding hydrogens is 342 g/mol. The van der Waals surface area contributed by atoms with Crippen LogP contribution in [-0.2, 0) is 15.0 Å². The van der Waals surface area contributed by atoms with Gasteiger partial charge in [-0.15, -0.1) is 0 Å². The first-order valence-electron chi connectivity index (χ1n) is 8.51. The molecule has 1 fully saturated rings. The third kappa shape index (κ3) is 4.72. The Morgan fingerprint density at radius 3 is 2.44 bits per heavy atom. The molecule has 4 amide bonds. The zero-order valence-corrected chi connectivity index (χ0v) is 15.4. The minimum Gasteiger partial charge on any atom is -0.354 e. The topological polar surface area (TPSA) is 78.5 Å². The van der Waals surface area contributed by atoms with Crippen LogP contribution in [-0.4, -0.2) is 42.4 Å². The van der Waals surface area contributed by atoms with E-state index >= 15 is 0 Å². The van der Waals surface area contributed by atoms with Crippen LogP contribution in [0.2, 0.25) is 5.02 Å². The highest BCUT2D eigenvalue weighted by atomic mass is 35.5. The van der Waals surface area contributed by atoms with Gasteiger partial charge in [0, 0.05) is 29.9 Å². The molecule has 1 aromatic carbocycles. The summed E-state index contributed by atoms with van der Waals surface area (Å²) in [6, 6.07) is 7.18. The van der Waals surface area contributed by atoms with Gasteiger partial charge in [-0.05, 0) is 30.5 Å². The molecule has 2 rings (SSSR count). The predicted octanol–water partition coefficient (Wildman–Crippen LogP) is 2.46. The van der Waals surface area contributed by atoms with E-state index in [4.69, 9.17) is 11.6 Å². The zero-order chi connectivity index (χ0) is 18.4. The maximum Gasteiger partial charge on any atom is 0.324 e. The van der Waals surface area contributed by atoms with E-state index in [2.05, 4.69) is 24.5 Å². The first-order chi connectivity index (χ1) is 11.9. The molecule has 6 nitrogen and oxygen atoms in total. The minimum atomic E-state index is -0.513. The summed E-state index contributed by atoms with van der Waals surface area (Å²) in [6.07, 6.45) is 1.95. The van der Waals surface area contributed by atoms with E-state index in [1.165, 1.54) is 4.90 Å². The highest BCUT2D eigenvalue weighted by molar-refractivity contribution is 6.30. The maximum atomic E-state index is 12.3. The summed E-state index contributed by atoms with van der Waals surface area (Å²) in [5.74, 6) is -0.537. The lowest BCUT2D eigenvalue weighted by atomic mass is 9.76. The molecule has 0 radical (unpaired) electrons. The van der Waals surface area contributed by atoms with Crippen LogP contribution >= 0.6 is 11.6 Å². The molecule has 0 unspecified atom stereocenters. The molecule has 0 atom stereocenters.